The lowest BCUT2D eigenvalue weighted by atomic mass is 9.35. The molecule has 0 unspecified atom stereocenters. The minimum absolute atomic E-state index is 0.0407. The monoisotopic (exact) mass is 813 g/mol. The summed E-state index contributed by atoms with van der Waals surface area (Å²) in [6.07, 6.45) is 2.19. The molecule has 312 valence electrons. The number of anilines is 9. The fourth-order valence-electron chi connectivity index (χ4n) is 10.4. The zero-order chi connectivity index (χ0) is 43.5. The van der Waals surface area contributed by atoms with Crippen LogP contribution in [0.1, 0.15) is 110 Å². The summed E-state index contributed by atoms with van der Waals surface area (Å²) >= 11 is 0. The summed E-state index contributed by atoms with van der Waals surface area (Å²) in [7, 11) is 0. The van der Waals surface area contributed by atoms with Crippen molar-refractivity contribution in [2.24, 2.45) is 0 Å². The molecule has 4 nitrogen and oxygen atoms in total. The zero-order valence-corrected chi connectivity index (χ0v) is 38.5. The van der Waals surface area contributed by atoms with E-state index in [0.29, 0.717) is 0 Å². The summed E-state index contributed by atoms with van der Waals surface area (Å²) < 4.78 is 7.57. The molecule has 0 bridgehead atoms. The molecule has 0 radical (unpaired) electrons. The first-order chi connectivity index (χ1) is 29.4. The van der Waals surface area contributed by atoms with Crippen molar-refractivity contribution in [1.29, 1.82) is 0 Å². The van der Waals surface area contributed by atoms with Crippen LogP contribution in [0.4, 0.5) is 51.2 Å². The molecular weight excluding hydrogens is 753 g/mol. The van der Waals surface area contributed by atoms with Crippen molar-refractivity contribution in [1.82, 2.24) is 0 Å². The Morgan fingerprint density at radius 1 is 0.548 bits per heavy atom. The maximum atomic E-state index is 7.57. The Bertz CT molecular complexity index is 2780. The van der Waals surface area contributed by atoms with Gasteiger partial charge in [-0.2, -0.15) is 0 Å². The predicted octanol–water partition coefficient (Wildman–Crippen LogP) is 14.1. The van der Waals surface area contributed by atoms with E-state index in [1.165, 1.54) is 61.6 Å². The predicted molar refractivity (Wildman–Crippen MR) is 265 cm³/mol. The van der Waals surface area contributed by atoms with Crippen LogP contribution in [0.15, 0.2) is 144 Å². The number of para-hydroxylation sites is 2. The first kappa shape index (κ1) is 40.2. The number of hydrogen-bond donors (Lipinski definition) is 0. The Morgan fingerprint density at radius 2 is 1.05 bits per heavy atom. The third-order valence-electron chi connectivity index (χ3n) is 13.9. The summed E-state index contributed by atoms with van der Waals surface area (Å²) in [4.78, 5) is 7.43. The largest absolute Gasteiger partial charge is 0.472 e. The van der Waals surface area contributed by atoms with E-state index in [2.05, 4.69) is 230 Å². The van der Waals surface area contributed by atoms with Crippen LogP contribution in [-0.4, -0.2) is 6.71 Å². The van der Waals surface area contributed by atoms with Crippen LogP contribution in [0.25, 0.3) is 0 Å². The van der Waals surface area contributed by atoms with Crippen molar-refractivity contribution in [3.63, 3.8) is 0 Å². The highest BCUT2D eigenvalue weighted by atomic mass is 16.3. The normalized spacial score (nSPS) is 16.0. The van der Waals surface area contributed by atoms with Gasteiger partial charge in [0.1, 0.15) is 5.76 Å². The van der Waals surface area contributed by atoms with E-state index in [1.807, 2.05) is 0 Å². The number of rotatable bonds is 5. The van der Waals surface area contributed by atoms with E-state index in [0.717, 1.165) is 47.0 Å². The first-order valence-corrected chi connectivity index (χ1v) is 22.6. The molecule has 3 aliphatic rings. The quantitative estimate of drug-likeness (QED) is 0.161. The molecule has 1 aromatic heterocycles. The molecule has 7 aromatic rings. The van der Waals surface area contributed by atoms with Gasteiger partial charge in [0.15, 0.2) is 0 Å². The molecule has 0 atom stereocenters. The Hall–Kier alpha value is -5.94. The topological polar surface area (TPSA) is 22.9 Å². The lowest BCUT2D eigenvalue weighted by Crippen LogP contribution is -2.61. The maximum Gasteiger partial charge on any atom is 0.297 e. The summed E-state index contributed by atoms with van der Waals surface area (Å²) in [5, 5.41) is 0. The van der Waals surface area contributed by atoms with Gasteiger partial charge in [-0.3, -0.25) is 0 Å². The Balaban J connectivity index is 1.24. The number of aryl methyl sites for hydroxylation is 1. The second-order valence-corrected chi connectivity index (χ2v) is 21.5. The lowest BCUT2D eigenvalue weighted by molar-refractivity contribution is 0.282. The van der Waals surface area contributed by atoms with Gasteiger partial charge < -0.3 is 19.1 Å². The molecule has 62 heavy (non-hydrogen) atoms. The smallest absolute Gasteiger partial charge is 0.297 e. The maximum absolute atomic E-state index is 7.57. The summed E-state index contributed by atoms with van der Waals surface area (Å²) in [5.74, 6) is 1.15. The fraction of sp³-hybridized carbons (Fsp3) is 0.298. The van der Waals surface area contributed by atoms with E-state index in [9.17, 15) is 0 Å². The number of hydrogen-bond acceptors (Lipinski definition) is 4. The van der Waals surface area contributed by atoms with Gasteiger partial charge >= 0.3 is 0 Å². The zero-order valence-electron chi connectivity index (χ0n) is 38.5. The van der Waals surface area contributed by atoms with Crippen LogP contribution in [0, 0.1) is 6.92 Å². The molecule has 5 heteroatoms. The third-order valence-corrected chi connectivity index (χ3v) is 13.9. The van der Waals surface area contributed by atoms with E-state index in [-0.39, 0.29) is 28.4 Å². The van der Waals surface area contributed by atoms with Crippen LogP contribution >= 0.6 is 0 Å². The van der Waals surface area contributed by atoms with Crippen LogP contribution < -0.4 is 31.3 Å². The molecule has 0 amide bonds. The van der Waals surface area contributed by atoms with Gasteiger partial charge in [-0.05, 0) is 142 Å². The second kappa shape index (κ2) is 14.0. The Labute approximate surface area is 370 Å². The van der Waals surface area contributed by atoms with Crippen molar-refractivity contribution in [3.8, 4) is 0 Å². The fourth-order valence-corrected chi connectivity index (χ4v) is 10.4. The molecule has 1 aliphatic carbocycles. The van der Waals surface area contributed by atoms with Crippen molar-refractivity contribution in [3.05, 3.63) is 168 Å². The van der Waals surface area contributed by atoms with Crippen LogP contribution in [-0.2, 0) is 21.7 Å². The molecule has 0 fully saturated rings. The SMILES string of the molecule is Cc1cc2c3c(c1)N(c1ccc(C(C)(C)C)cc1)c1c(oc4c1C(C)(C)CCC4(C)C)B3c1cc(C(C)(C)C)ccc1N2c1ccc(N(c2ccccc2)c2ccccc2)cc1. The molecular formula is C57H60BN3O. The highest BCUT2D eigenvalue weighted by molar-refractivity contribution is 6.99. The van der Waals surface area contributed by atoms with Gasteiger partial charge in [0.25, 0.3) is 6.71 Å². The van der Waals surface area contributed by atoms with Crippen LogP contribution in [0.2, 0.25) is 0 Å². The van der Waals surface area contributed by atoms with Gasteiger partial charge in [0.05, 0.1) is 11.3 Å². The molecule has 2 aliphatic heterocycles. The average molecular weight is 814 g/mol. The molecule has 10 rings (SSSR count). The number of nitrogens with zero attached hydrogens (tertiary/aromatic N) is 3. The Morgan fingerprint density at radius 3 is 1.63 bits per heavy atom. The summed E-state index contributed by atoms with van der Waals surface area (Å²) in [6.45, 7) is 25.7. The van der Waals surface area contributed by atoms with Gasteiger partial charge in [-0.15, -0.1) is 0 Å². The molecule has 0 spiro atoms. The average Bonchev–Trinajstić information content (AvgIpc) is 3.66. The van der Waals surface area contributed by atoms with Crippen molar-refractivity contribution in [2.45, 2.75) is 111 Å². The van der Waals surface area contributed by atoms with E-state index in [4.69, 9.17) is 4.42 Å². The lowest BCUT2D eigenvalue weighted by Gasteiger charge is -2.44. The standard InChI is InChI=1S/C57H60BN3O/c1-37-34-47-50-48(35-37)61(44-25-22-38(23-26-44)54(2,3)4)51-49-52(57(10,11)33-32-56(49,8)9)62-53(51)58(50)45-36-39(55(5,6)7)24-31-46(45)60(47)43-29-27-42(28-30-43)59(40-18-14-12-15-19-40)41-20-16-13-17-21-41/h12-31,34-36H,32-33H2,1-11H3. The molecule has 0 saturated heterocycles. The van der Waals surface area contributed by atoms with E-state index >= 15 is 0 Å². The minimum Gasteiger partial charge on any atom is -0.472 e. The van der Waals surface area contributed by atoms with Gasteiger partial charge in [-0.25, -0.2) is 0 Å². The summed E-state index contributed by atoms with van der Waals surface area (Å²) in [5.41, 5.74) is 19.3. The third kappa shape index (κ3) is 6.41. The number of furan rings is 1. The van der Waals surface area contributed by atoms with Gasteiger partial charge in [-0.1, -0.05) is 130 Å². The molecule has 0 saturated carbocycles. The van der Waals surface area contributed by atoms with E-state index < -0.39 is 0 Å². The van der Waals surface area contributed by atoms with Gasteiger partial charge in [0, 0.05) is 56.5 Å². The second-order valence-electron chi connectivity index (χ2n) is 21.5. The number of benzene rings is 6. The summed E-state index contributed by atoms with van der Waals surface area (Å²) in [6, 6.07) is 51.9. The van der Waals surface area contributed by atoms with Crippen LogP contribution in [0.5, 0.6) is 0 Å². The van der Waals surface area contributed by atoms with Crippen LogP contribution in [0.3, 0.4) is 0 Å². The molecule has 6 aromatic carbocycles. The van der Waals surface area contributed by atoms with Gasteiger partial charge in [0.2, 0.25) is 0 Å². The minimum atomic E-state index is -0.0964. The molecule has 3 heterocycles. The first-order valence-electron chi connectivity index (χ1n) is 22.6. The van der Waals surface area contributed by atoms with Crippen molar-refractivity contribution in [2.75, 3.05) is 14.7 Å². The van der Waals surface area contributed by atoms with E-state index in [1.54, 1.807) is 0 Å². The number of fused-ring (bicyclic) bond motifs is 6. The highest BCUT2D eigenvalue weighted by Crippen LogP contribution is 2.55. The Kier molecular flexibility index (Phi) is 9.09. The highest BCUT2D eigenvalue weighted by Gasteiger charge is 2.52. The van der Waals surface area contributed by atoms with Crippen molar-refractivity contribution >= 4 is 74.5 Å². The van der Waals surface area contributed by atoms with Crippen molar-refractivity contribution < 1.29 is 4.42 Å². The molecule has 0 N–H and O–H groups in total.